The molecule has 1 unspecified atom stereocenters. The summed E-state index contributed by atoms with van der Waals surface area (Å²) in [6, 6.07) is 3.70. The van der Waals surface area contributed by atoms with Gasteiger partial charge in [0.05, 0.1) is 24.0 Å². The number of aromatic nitrogens is 1. The molecule has 0 aromatic carbocycles. The summed E-state index contributed by atoms with van der Waals surface area (Å²) in [6.45, 7) is 5.94. The quantitative estimate of drug-likeness (QED) is 0.892. The second kappa shape index (κ2) is 8.42. The average Bonchev–Trinajstić information content (AvgIpc) is 2.38. The number of rotatable bonds is 2. The van der Waals surface area contributed by atoms with Gasteiger partial charge in [-0.25, -0.2) is 0 Å². The molecule has 0 spiro atoms. The van der Waals surface area contributed by atoms with E-state index in [0.717, 1.165) is 11.4 Å². The standard InChI is InChI=1S/C13H19N3O2.2ClH/c1-9-3-4-12(10(2)15-9)13(17)16-5-6-18-11(7-14)8-16;;/h3-4,11H,5-8,14H2,1-2H3;2*1H. The summed E-state index contributed by atoms with van der Waals surface area (Å²) in [7, 11) is 0. The molecule has 7 heteroatoms. The van der Waals surface area contributed by atoms with Gasteiger partial charge in [0.15, 0.2) is 0 Å². The van der Waals surface area contributed by atoms with Crippen molar-refractivity contribution in [1.29, 1.82) is 0 Å². The van der Waals surface area contributed by atoms with E-state index in [2.05, 4.69) is 4.98 Å². The molecule has 1 aliphatic heterocycles. The maximum Gasteiger partial charge on any atom is 0.255 e. The molecule has 1 aliphatic rings. The Balaban J connectivity index is 0.00000180. The molecule has 0 saturated carbocycles. The molecule has 0 radical (unpaired) electrons. The molecule has 1 fully saturated rings. The molecule has 2 heterocycles. The van der Waals surface area contributed by atoms with Gasteiger partial charge in [0.2, 0.25) is 0 Å². The monoisotopic (exact) mass is 321 g/mol. The Morgan fingerprint density at radius 2 is 2.15 bits per heavy atom. The van der Waals surface area contributed by atoms with Gasteiger partial charge in [0.1, 0.15) is 0 Å². The van der Waals surface area contributed by atoms with Gasteiger partial charge >= 0.3 is 0 Å². The number of morpholine rings is 1. The Morgan fingerprint density at radius 1 is 1.45 bits per heavy atom. The maximum absolute atomic E-state index is 12.4. The predicted molar refractivity (Wildman–Crippen MR) is 82.9 cm³/mol. The third kappa shape index (κ3) is 4.31. The fourth-order valence-electron chi connectivity index (χ4n) is 2.13. The fourth-order valence-corrected chi connectivity index (χ4v) is 2.13. The predicted octanol–water partition coefficient (Wildman–Crippen LogP) is 1.34. The van der Waals surface area contributed by atoms with E-state index in [9.17, 15) is 4.79 Å². The third-order valence-corrected chi connectivity index (χ3v) is 3.14. The third-order valence-electron chi connectivity index (χ3n) is 3.14. The van der Waals surface area contributed by atoms with Crippen LogP contribution in [0.2, 0.25) is 0 Å². The van der Waals surface area contributed by atoms with E-state index < -0.39 is 0 Å². The van der Waals surface area contributed by atoms with Gasteiger partial charge in [0.25, 0.3) is 5.91 Å². The van der Waals surface area contributed by atoms with E-state index in [1.54, 1.807) is 4.90 Å². The van der Waals surface area contributed by atoms with Crippen LogP contribution in [0.15, 0.2) is 12.1 Å². The van der Waals surface area contributed by atoms with Crippen LogP contribution in [-0.4, -0.2) is 48.1 Å². The molecular weight excluding hydrogens is 301 g/mol. The Kier molecular flexibility index (Phi) is 8.05. The summed E-state index contributed by atoms with van der Waals surface area (Å²) in [6.07, 6.45) is -0.0542. The number of carbonyl (C=O) groups is 1. The van der Waals surface area contributed by atoms with E-state index in [1.807, 2.05) is 26.0 Å². The average molecular weight is 322 g/mol. The van der Waals surface area contributed by atoms with E-state index in [-0.39, 0.29) is 36.8 Å². The molecule has 1 atom stereocenters. The molecule has 114 valence electrons. The molecule has 1 aromatic heterocycles. The molecule has 0 aliphatic carbocycles. The number of hydrogen-bond acceptors (Lipinski definition) is 4. The number of ether oxygens (including phenoxy) is 1. The van der Waals surface area contributed by atoms with Crippen LogP contribution in [0.25, 0.3) is 0 Å². The summed E-state index contributed by atoms with van der Waals surface area (Å²) < 4.78 is 5.46. The van der Waals surface area contributed by atoms with E-state index in [1.165, 1.54) is 0 Å². The van der Waals surface area contributed by atoms with Crippen molar-refractivity contribution < 1.29 is 9.53 Å². The molecule has 1 amide bonds. The van der Waals surface area contributed by atoms with Crippen molar-refractivity contribution in [1.82, 2.24) is 9.88 Å². The first-order chi connectivity index (χ1) is 8.61. The first-order valence-corrected chi connectivity index (χ1v) is 6.17. The lowest BCUT2D eigenvalue weighted by Gasteiger charge is -2.32. The zero-order valence-corrected chi connectivity index (χ0v) is 13.3. The first-order valence-electron chi connectivity index (χ1n) is 6.17. The number of amides is 1. The SMILES string of the molecule is Cc1ccc(C(=O)N2CCOC(CN)C2)c(C)n1.Cl.Cl. The highest BCUT2D eigenvalue weighted by Gasteiger charge is 2.25. The number of carbonyl (C=O) groups excluding carboxylic acids is 1. The first kappa shape index (κ1) is 19.1. The second-order valence-electron chi connectivity index (χ2n) is 4.57. The second-order valence-corrected chi connectivity index (χ2v) is 4.57. The summed E-state index contributed by atoms with van der Waals surface area (Å²) >= 11 is 0. The molecule has 1 aromatic rings. The van der Waals surface area contributed by atoms with Crippen LogP contribution in [0.5, 0.6) is 0 Å². The van der Waals surface area contributed by atoms with Crippen LogP contribution in [0, 0.1) is 13.8 Å². The van der Waals surface area contributed by atoms with Crippen LogP contribution in [0.1, 0.15) is 21.7 Å². The summed E-state index contributed by atoms with van der Waals surface area (Å²) in [5.74, 6) is 0.0155. The summed E-state index contributed by atoms with van der Waals surface area (Å²) in [5.41, 5.74) is 7.94. The highest BCUT2D eigenvalue weighted by Crippen LogP contribution is 2.13. The van der Waals surface area contributed by atoms with Crippen LogP contribution < -0.4 is 5.73 Å². The van der Waals surface area contributed by atoms with E-state index in [0.29, 0.717) is 31.8 Å². The van der Waals surface area contributed by atoms with Crippen molar-refractivity contribution in [3.05, 3.63) is 29.1 Å². The lowest BCUT2D eigenvalue weighted by atomic mass is 10.1. The molecule has 2 N–H and O–H groups in total. The lowest BCUT2D eigenvalue weighted by Crippen LogP contribution is -2.48. The van der Waals surface area contributed by atoms with Gasteiger partial charge in [0, 0.05) is 25.3 Å². The largest absolute Gasteiger partial charge is 0.373 e. The Hall–Kier alpha value is -0.880. The number of nitrogens with two attached hydrogens (primary N) is 1. The fraction of sp³-hybridized carbons (Fsp3) is 0.538. The minimum Gasteiger partial charge on any atom is -0.373 e. The molecule has 1 saturated heterocycles. The van der Waals surface area contributed by atoms with Gasteiger partial charge in [-0.15, -0.1) is 24.8 Å². The van der Waals surface area contributed by atoms with Crippen LogP contribution in [0.3, 0.4) is 0 Å². The minimum atomic E-state index is -0.0542. The Morgan fingerprint density at radius 3 is 2.75 bits per heavy atom. The maximum atomic E-state index is 12.4. The highest BCUT2D eigenvalue weighted by molar-refractivity contribution is 5.95. The van der Waals surface area contributed by atoms with Gasteiger partial charge < -0.3 is 15.4 Å². The molecular formula is C13H21Cl2N3O2. The van der Waals surface area contributed by atoms with Crippen molar-refractivity contribution in [2.45, 2.75) is 20.0 Å². The van der Waals surface area contributed by atoms with Crippen molar-refractivity contribution in [2.24, 2.45) is 5.73 Å². The normalized spacial score (nSPS) is 17.9. The Labute approximate surface area is 131 Å². The van der Waals surface area contributed by atoms with E-state index in [4.69, 9.17) is 10.5 Å². The number of nitrogens with zero attached hydrogens (tertiary/aromatic N) is 2. The summed E-state index contributed by atoms with van der Waals surface area (Å²) in [4.78, 5) is 18.5. The van der Waals surface area contributed by atoms with Crippen molar-refractivity contribution in [2.75, 3.05) is 26.2 Å². The van der Waals surface area contributed by atoms with E-state index >= 15 is 0 Å². The molecule has 20 heavy (non-hydrogen) atoms. The molecule has 5 nitrogen and oxygen atoms in total. The van der Waals surface area contributed by atoms with Crippen molar-refractivity contribution in [3.63, 3.8) is 0 Å². The topological polar surface area (TPSA) is 68.5 Å². The van der Waals surface area contributed by atoms with Gasteiger partial charge in [-0.3, -0.25) is 9.78 Å². The van der Waals surface area contributed by atoms with Gasteiger partial charge in [-0.05, 0) is 26.0 Å². The van der Waals surface area contributed by atoms with Crippen molar-refractivity contribution >= 4 is 30.7 Å². The number of halogens is 2. The van der Waals surface area contributed by atoms with Gasteiger partial charge in [-0.2, -0.15) is 0 Å². The van der Waals surface area contributed by atoms with Crippen molar-refractivity contribution in [3.8, 4) is 0 Å². The molecule has 0 bridgehead atoms. The highest BCUT2D eigenvalue weighted by atomic mass is 35.5. The summed E-state index contributed by atoms with van der Waals surface area (Å²) in [5, 5.41) is 0. The minimum absolute atomic E-state index is 0. The number of aryl methyl sites for hydroxylation is 2. The Bertz CT molecular complexity index is 457. The van der Waals surface area contributed by atoms with Gasteiger partial charge in [-0.1, -0.05) is 0 Å². The van der Waals surface area contributed by atoms with Crippen LogP contribution in [-0.2, 0) is 4.74 Å². The lowest BCUT2D eigenvalue weighted by molar-refractivity contribution is -0.0168. The van der Waals surface area contributed by atoms with Crippen LogP contribution >= 0.6 is 24.8 Å². The molecule has 2 rings (SSSR count). The smallest absolute Gasteiger partial charge is 0.255 e. The van der Waals surface area contributed by atoms with Crippen LogP contribution in [0.4, 0.5) is 0 Å². The number of hydrogen-bond donors (Lipinski definition) is 1. The zero-order valence-electron chi connectivity index (χ0n) is 11.7. The zero-order chi connectivity index (χ0) is 13.1. The number of pyridine rings is 1.